The molecule has 0 unspecified atom stereocenters. The molecule has 18 rings (SSSR count). The van der Waals surface area contributed by atoms with Crippen LogP contribution < -0.4 is 0 Å². The van der Waals surface area contributed by atoms with Crippen LogP contribution in [0.15, 0.2) is 328 Å². The van der Waals surface area contributed by atoms with Gasteiger partial charge in [-0.25, -0.2) is 44.9 Å². The van der Waals surface area contributed by atoms with Crippen molar-refractivity contribution in [3.8, 4) is 142 Å². The Labute approximate surface area is 574 Å². The summed E-state index contributed by atoms with van der Waals surface area (Å²) in [5, 5.41) is 14.9. The summed E-state index contributed by atoms with van der Waals surface area (Å²) in [4.78, 5) is 46.8. The van der Waals surface area contributed by atoms with E-state index in [1.54, 1.807) is 0 Å². The van der Waals surface area contributed by atoms with Gasteiger partial charge in [-0.15, -0.1) is 0 Å². The second-order valence-corrected chi connectivity index (χ2v) is 24.4. The minimum atomic E-state index is 0.478. The SMILES string of the molecule is N#Cc1ccccc1-c1ccc(-n2c3ccccc3c3cc(-c4nc(-c5ccccc5)nc(-c5ccccc5)n4)ccc32)c(-c2cc(-n3c4ccccc4c4cc(-c5nc(-c6ccccc6)nc(-c6ccccc6)n5)ccc43)ccc2-c2nc(-c3ccccc3)nc(-c3ccccc3)n2)c1. The molecule has 466 valence electrons. The molecule has 0 aliphatic heterocycles. The summed E-state index contributed by atoms with van der Waals surface area (Å²) >= 11 is 0. The van der Waals surface area contributed by atoms with E-state index >= 15 is 0 Å². The van der Waals surface area contributed by atoms with Crippen LogP contribution in [-0.2, 0) is 0 Å². The Bertz CT molecular complexity index is 6040. The van der Waals surface area contributed by atoms with E-state index in [1.807, 2.05) is 206 Å². The summed E-state index contributed by atoms with van der Waals surface area (Å²) in [7, 11) is 0. The van der Waals surface area contributed by atoms with Gasteiger partial charge >= 0.3 is 0 Å². The van der Waals surface area contributed by atoms with Gasteiger partial charge in [-0.1, -0.05) is 243 Å². The third-order valence-corrected chi connectivity index (χ3v) is 18.3. The molecule has 0 aliphatic rings. The number of hydrogen-bond acceptors (Lipinski definition) is 10. The van der Waals surface area contributed by atoms with E-state index in [9.17, 15) is 5.26 Å². The van der Waals surface area contributed by atoms with E-state index < -0.39 is 0 Å². The van der Waals surface area contributed by atoms with E-state index in [1.165, 1.54) is 0 Å². The van der Waals surface area contributed by atoms with Gasteiger partial charge in [-0.05, 0) is 102 Å². The monoisotopic (exact) mass is 1280 g/mol. The molecule has 0 saturated carbocycles. The zero-order valence-corrected chi connectivity index (χ0v) is 53.5. The second kappa shape index (κ2) is 25.0. The molecule has 5 heterocycles. The molecule has 0 spiro atoms. The summed E-state index contributed by atoms with van der Waals surface area (Å²) in [6.07, 6.45) is 0. The molecule has 12 nitrogen and oxygen atoms in total. The van der Waals surface area contributed by atoms with Crippen molar-refractivity contribution in [1.29, 1.82) is 5.26 Å². The average Bonchev–Trinajstić information content (AvgIpc) is 1.73. The van der Waals surface area contributed by atoms with Crippen molar-refractivity contribution in [3.63, 3.8) is 0 Å². The van der Waals surface area contributed by atoms with Gasteiger partial charge in [0.15, 0.2) is 52.4 Å². The predicted molar refractivity (Wildman–Crippen MR) is 400 cm³/mol. The molecule has 0 saturated heterocycles. The van der Waals surface area contributed by atoms with Crippen LogP contribution in [0.1, 0.15) is 5.56 Å². The number of rotatable bonds is 13. The summed E-state index contributed by atoms with van der Waals surface area (Å²) in [6.45, 7) is 0. The fraction of sp³-hybridized carbons (Fsp3) is 0. The number of nitrogens with zero attached hydrogens (tertiary/aromatic N) is 12. The van der Waals surface area contributed by atoms with Crippen LogP contribution >= 0.6 is 0 Å². The highest BCUT2D eigenvalue weighted by Crippen LogP contribution is 2.45. The zero-order chi connectivity index (χ0) is 66.5. The lowest BCUT2D eigenvalue weighted by Gasteiger charge is -2.20. The lowest BCUT2D eigenvalue weighted by Crippen LogP contribution is -2.04. The summed E-state index contributed by atoms with van der Waals surface area (Å²) in [6, 6.07) is 114. The van der Waals surface area contributed by atoms with Gasteiger partial charge in [0.25, 0.3) is 0 Å². The van der Waals surface area contributed by atoms with Gasteiger partial charge in [-0.2, -0.15) is 5.26 Å². The first-order valence-corrected chi connectivity index (χ1v) is 33.0. The van der Waals surface area contributed by atoms with Crippen molar-refractivity contribution >= 4 is 43.6 Å². The van der Waals surface area contributed by atoms with Gasteiger partial charge in [0.05, 0.1) is 39.4 Å². The van der Waals surface area contributed by atoms with Crippen molar-refractivity contribution in [2.24, 2.45) is 0 Å². The maximum atomic E-state index is 10.8. The van der Waals surface area contributed by atoms with Gasteiger partial charge in [0.2, 0.25) is 0 Å². The Balaban J connectivity index is 0.891. The number of hydrogen-bond donors (Lipinski definition) is 0. The molecule has 100 heavy (non-hydrogen) atoms. The highest BCUT2D eigenvalue weighted by Gasteiger charge is 2.26. The van der Waals surface area contributed by atoms with E-state index in [-0.39, 0.29) is 0 Å². The fourth-order valence-electron chi connectivity index (χ4n) is 13.6. The molecule has 0 amide bonds. The van der Waals surface area contributed by atoms with Crippen LogP contribution in [0.3, 0.4) is 0 Å². The molecule has 0 radical (unpaired) electrons. The van der Waals surface area contributed by atoms with Gasteiger partial charge < -0.3 is 9.13 Å². The van der Waals surface area contributed by atoms with E-state index in [0.29, 0.717) is 58.0 Å². The van der Waals surface area contributed by atoms with Crippen molar-refractivity contribution in [3.05, 3.63) is 333 Å². The molecule has 12 heteroatoms. The van der Waals surface area contributed by atoms with Crippen molar-refractivity contribution in [1.82, 2.24) is 54.0 Å². The van der Waals surface area contributed by atoms with Crippen molar-refractivity contribution in [2.75, 3.05) is 0 Å². The number of aromatic nitrogens is 11. The minimum Gasteiger partial charge on any atom is -0.309 e. The Hall–Kier alpha value is -14.0. The maximum Gasteiger partial charge on any atom is 0.164 e. The Morgan fingerprint density at radius 3 is 0.980 bits per heavy atom. The van der Waals surface area contributed by atoms with Crippen molar-refractivity contribution in [2.45, 2.75) is 0 Å². The van der Waals surface area contributed by atoms with Crippen LogP contribution in [0.25, 0.3) is 180 Å². The van der Waals surface area contributed by atoms with E-state index in [4.69, 9.17) is 44.9 Å². The molecule has 0 aliphatic carbocycles. The third-order valence-electron chi connectivity index (χ3n) is 18.3. The van der Waals surface area contributed by atoms with Gasteiger partial charge in [-0.3, -0.25) is 0 Å². The Kier molecular flexibility index (Phi) is 14.6. The standard InChI is InChI=1S/C88H54N12/c89-55-65-37-19-20-38-67(65)62-43-48-79(100-76-42-24-22-40-69(76)73-53-64(45-50-78(73)100)87-95-82(58-29-11-3-12-30-58)91-83(96-87)59-31-13-4-14-32-59)74(51-62)71-54-66(46-47-70(71)88-97-84(60-33-15-5-16-34-60)92-85(98-88)61-35-17-6-18-36-61)99-75-41-23-21-39-68(75)72-52-63(44-49-77(72)99)86-93-80(56-25-7-1-8-26-56)90-81(94-86)57-27-9-2-10-28-57/h1-54H. The highest BCUT2D eigenvalue weighted by atomic mass is 15.1. The van der Waals surface area contributed by atoms with E-state index in [0.717, 1.165) is 127 Å². The largest absolute Gasteiger partial charge is 0.309 e. The molecule has 5 aromatic heterocycles. The summed E-state index contributed by atoms with van der Waals surface area (Å²) < 4.78 is 4.69. The number of para-hydroxylation sites is 2. The second-order valence-electron chi connectivity index (χ2n) is 24.4. The third kappa shape index (κ3) is 10.7. The van der Waals surface area contributed by atoms with Crippen LogP contribution in [0.5, 0.6) is 0 Å². The first-order chi connectivity index (χ1) is 49.5. The topological polar surface area (TPSA) is 150 Å². The first-order valence-electron chi connectivity index (χ1n) is 33.0. The highest BCUT2D eigenvalue weighted by molar-refractivity contribution is 6.12. The van der Waals surface area contributed by atoms with Crippen LogP contribution in [0.2, 0.25) is 0 Å². The number of nitriles is 1. The molecule has 0 atom stereocenters. The number of fused-ring (bicyclic) bond motifs is 6. The average molecular weight is 1280 g/mol. The van der Waals surface area contributed by atoms with E-state index in [2.05, 4.69) is 137 Å². The first kappa shape index (κ1) is 58.5. The smallest absolute Gasteiger partial charge is 0.164 e. The zero-order valence-electron chi connectivity index (χ0n) is 53.5. The number of benzene rings is 13. The summed E-state index contributed by atoms with van der Waals surface area (Å²) in [5.74, 6) is 4.99. The normalized spacial score (nSPS) is 11.4. The lowest BCUT2D eigenvalue weighted by atomic mass is 9.92. The van der Waals surface area contributed by atoms with Crippen LogP contribution in [0, 0.1) is 11.3 Å². The fourth-order valence-corrected chi connectivity index (χ4v) is 13.6. The molecule has 0 fully saturated rings. The molecule has 0 N–H and O–H groups in total. The van der Waals surface area contributed by atoms with Gasteiger partial charge in [0, 0.05) is 82.9 Å². The van der Waals surface area contributed by atoms with Crippen LogP contribution in [-0.4, -0.2) is 54.0 Å². The molecule has 18 aromatic rings. The molecular weight excluding hydrogens is 1230 g/mol. The lowest BCUT2D eigenvalue weighted by molar-refractivity contribution is 1.07. The maximum absolute atomic E-state index is 10.8. The molecule has 0 bridgehead atoms. The molecule has 13 aromatic carbocycles. The quantitative estimate of drug-likeness (QED) is 0.109. The van der Waals surface area contributed by atoms with Gasteiger partial charge in [0.1, 0.15) is 0 Å². The summed E-state index contributed by atoms with van der Waals surface area (Å²) in [5.41, 5.74) is 17.3. The Morgan fingerprint density at radius 2 is 0.550 bits per heavy atom. The van der Waals surface area contributed by atoms with Crippen molar-refractivity contribution < 1.29 is 0 Å². The Morgan fingerprint density at radius 1 is 0.210 bits per heavy atom. The predicted octanol–water partition coefficient (Wildman–Crippen LogP) is 20.6. The van der Waals surface area contributed by atoms with Crippen LogP contribution in [0.4, 0.5) is 0 Å². The molecular formula is C88H54N12. The minimum absolute atomic E-state index is 0.478.